The van der Waals surface area contributed by atoms with Gasteiger partial charge in [-0.2, -0.15) is 0 Å². The Bertz CT molecular complexity index is 1770. The summed E-state index contributed by atoms with van der Waals surface area (Å²) in [5.74, 6) is 6.44. The fourth-order valence-corrected chi connectivity index (χ4v) is 7.90. The SMILES string of the molecule is C=C(/C=C/SNCCOCCOCCOCCN(N)/C=C(\N)COCc1cn(CCOCCOCCOCCNS/C=C/C(=C)C2CN(C)CC=C2/C=C/Cl)nn1)C1CN(C)C/C(=C\Cl)C1=C. The number of hydrogen-bond acceptors (Lipinski definition) is 18. The Hall–Kier alpha value is -2.80. The van der Waals surface area contributed by atoms with Crippen molar-refractivity contribution in [1.29, 1.82) is 0 Å². The molecule has 1 aromatic rings. The predicted octanol–water partition coefficient (Wildman–Crippen LogP) is 4.97. The topological polar surface area (TPSA) is 181 Å². The number of allylic oxidation sites excluding steroid dienone is 3. The van der Waals surface area contributed by atoms with Crippen molar-refractivity contribution in [2.75, 3.05) is 146 Å². The average Bonchev–Trinajstić information content (AvgIpc) is 3.77. The molecule has 3 heterocycles. The summed E-state index contributed by atoms with van der Waals surface area (Å²) in [5, 5.41) is 13.7. The molecule has 0 aliphatic carbocycles. The Morgan fingerprint density at radius 3 is 2.00 bits per heavy atom. The van der Waals surface area contributed by atoms with E-state index in [0.717, 1.165) is 48.5 Å². The number of nitrogens with two attached hydrogens (primary N) is 2. The third-order valence-corrected chi connectivity index (χ3v) is 11.7. The molecular formula is C46H74Cl2N10O7S2. The predicted molar refractivity (Wildman–Crippen MR) is 274 cm³/mol. The monoisotopic (exact) mass is 1010 g/mol. The third-order valence-electron chi connectivity index (χ3n) is 10.0. The maximum atomic E-state index is 6.08. The average molecular weight is 1010 g/mol. The highest BCUT2D eigenvalue weighted by Crippen LogP contribution is 2.31. The number of aromatic nitrogens is 3. The van der Waals surface area contributed by atoms with E-state index >= 15 is 0 Å². The highest BCUT2D eigenvalue weighted by molar-refractivity contribution is 8.00. The lowest BCUT2D eigenvalue weighted by atomic mass is 9.85. The first-order valence-corrected chi connectivity index (χ1v) is 24.9. The Morgan fingerprint density at radius 2 is 1.39 bits per heavy atom. The maximum absolute atomic E-state index is 6.08. The smallest absolute Gasteiger partial charge is 0.108 e. The molecule has 1 fully saturated rings. The zero-order valence-electron chi connectivity index (χ0n) is 39.4. The molecule has 0 radical (unpaired) electrons. The second kappa shape index (κ2) is 37.1. The van der Waals surface area contributed by atoms with Crippen LogP contribution in [-0.4, -0.2) is 176 Å². The summed E-state index contributed by atoms with van der Waals surface area (Å²) in [6, 6.07) is 0. The number of hydrazine groups is 1. The number of hydrogen-bond donors (Lipinski definition) is 4. The minimum atomic E-state index is 0.162. The summed E-state index contributed by atoms with van der Waals surface area (Å²) in [4.78, 5) is 4.49. The van der Waals surface area contributed by atoms with Crippen LogP contribution in [0, 0.1) is 11.8 Å². The molecule has 3 rings (SSSR count). The van der Waals surface area contributed by atoms with Gasteiger partial charge >= 0.3 is 0 Å². The van der Waals surface area contributed by atoms with Crippen molar-refractivity contribution >= 4 is 47.1 Å². The number of rotatable bonds is 38. The first kappa shape index (κ1) is 58.5. The van der Waals surface area contributed by atoms with Gasteiger partial charge in [0.05, 0.1) is 117 Å². The molecule has 2 atom stereocenters. The molecule has 0 amide bonds. The van der Waals surface area contributed by atoms with Gasteiger partial charge in [0, 0.05) is 68.4 Å². The Morgan fingerprint density at radius 1 is 0.821 bits per heavy atom. The molecule has 2 aliphatic heterocycles. The summed E-state index contributed by atoms with van der Waals surface area (Å²) in [6.07, 6.45) is 11.6. The van der Waals surface area contributed by atoms with Gasteiger partial charge in [-0.1, -0.05) is 90.3 Å². The lowest BCUT2D eigenvalue weighted by Crippen LogP contribution is -2.35. The minimum absolute atomic E-state index is 0.162. The molecule has 1 saturated heterocycles. The van der Waals surface area contributed by atoms with Crippen LogP contribution in [0.3, 0.4) is 0 Å². The van der Waals surface area contributed by atoms with Crippen molar-refractivity contribution in [3.8, 4) is 0 Å². The van der Waals surface area contributed by atoms with Crippen LogP contribution in [0.1, 0.15) is 5.69 Å². The van der Waals surface area contributed by atoms with Crippen molar-refractivity contribution in [2.45, 2.75) is 13.2 Å². The van der Waals surface area contributed by atoms with E-state index in [1.165, 1.54) is 34.5 Å². The van der Waals surface area contributed by atoms with Crippen molar-refractivity contribution in [3.63, 3.8) is 0 Å². The van der Waals surface area contributed by atoms with E-state index in [-0.39, 0.29) is 25.0 Å². The van der Waals surface area contributed by atoms with E-state index in [4.69, 9.17) is 67.9 Å². The largest absolute Gasteiger partial charge is 0.399 e. The van der Waals surface area contributed by atoms with E-state index in [1.54, 1.807) is 22.0 Å². The molecule has 2 aliphatic rings. The van der Waals surface area contributed by atoms with Gasteiger partial charge in [-0.3, -0.25) is 9.44 Å². The maximum Gasteiger partial charge on any atom is 0.108 e. The van der Waals surface area contributed by atoms with Crippen LogP contribution >= 0.6 is 47.1 Å². The Balaban J connectivity index is 1.05. The summed E-state index contributed by atoms with van der Waals surface area (Å²) in [7, 11) is 4.18. The summed E-state index contributed by atoms with van der Waals surface area (Å²) < 4.78 is 47.6. The second-order valence-corrected chi connectivity index (χ2v) is 17.6. The van der Waals surface area contributed by atoms with Crippen molar-refractivity contribution in [1.82, 2.24) is 39.2 Å². The zero-order chi connectivity index (χ0) is 48.3. The fourth-order valence-electron chi connectivity index (χ4n) is 6.46. The number of nitrogens with zero attached hydrogens (tertiary/aromatic N) is 6. The summed E-state index contributed by atoms with van der Waals surface area (Å²) in [6.45, 7) is 25.0. The van der Waals surface area contributed by atoms with Gasteiger partial charge < -0.3 is 53.7 Å². The van der Waals surface area contributed by atoms with Crippen molar-refractivity contribution in [3.05, 3.63) is 118 Å². The van der Waals surface area contributed by atoms with Crippen molar-refractivity contribution in [2.24, 2.45) is 23.4 Å². The van der Waals surface area contributed by atoms with Crippen LogP contribution in [-0.2, 0) is 46.3 Å². The third kappa shape index (κ3) is 26.7. The van der Waals surface area contributed by atoms with Gasteiger partial charge in [-0.25, -0.2) is 10.5 Å². The van der Waals surface area contributed by atoms with Gasteiger partial charge in [0.25, 0.3) is 0 Å². The van der Waals surface area contributed by atoms with Gasteiger partial charge in [0.2, 0.25) is 0 Å². The fraction of sp³-hybridized carbons (Fsp3) is 0.565. The van der Waals surface area contributed by atoms with Gasteiger partial charge in [0.1, 0.15) is 5.69 Å². The number of halogens is 2. The summed E-state index contributed by atoms with van der Waals surface area (Å²) in [5.41, 5.74) is 15.8. The molecule has 0 saturated carbocycles. The molecular weight excluding hydrogens is 940 g/mol. The molecule has 376 valence electrons. The van der Waals surface area contributed by atoms with Crippen LogP contribution < -0.4 is 21.0 Å². The van der Waals surface area contributed by atoms with Gasteiger partial charge in [0.15, 0.2) is 0 Å². The quantitative estimate of drug-likeness (QED) is 0.0229. The molecule has 2 unspecified atom stereocenters. The van der Waals surface area contributed by atoms with Crippen LogP contribution in [0.15, 0.2) is 112 Å². The number of likely N-dealkylation sites (tertiary alicyclic amines) is 1. The Labute approximate surface area is 417 Å². The van der Waals surface area contributed by atoms with E-state index in [0.29, 0.717) is 117 Å². The number of piperidine rings is 1. The van der Waals surface area contributed by atoms with Crippen LogP contribution in [0.25, 0.3) is 0 Å². The molecule has 1 aromatic heterocycles. The van der Waals surface area contributed by atoms with Crippen molar-refractivity contribution < 1.29 is 33.2 Å². The lowest BCUT2D eigenvalue weighted by Gasteiger charge is -2.34. The first-order valence-electron chi connectivity index (χ1n) is 22.3. The highest BCUT2D eigenvalue weighted by Gasteiger charge is 2.25. The van der Waals surface area contributed by atoms with E-state index in [1.807, 2.05) is 35.2 Å². The van der Waals surface area contributed by atoms with E-state index in [9.17, 15) is 0 Å². The second-order valence-electron chi connectivity index (χ2n) is 15.5. The van der Waals surface area contributed by atoms with Crippen LogP contribution in [0.4, 0.5) is 0 Å². The van der Waals surface area contributed by atoms with Crippen LogP contribution in [0.2, 0.25) is 0 Å². The number of nitrogens with one attached hydrogen (secondary N) is 2. The molecule has 21 heteroatoms. The van der Waals surface area contributed by atoms with Gasteiger partial charge in [-0.15, -0.1) is 5.10 Å². The van der Waals surface area contributed by atoms with Crippen LogP contribution in [0.5, 0.6) is 0 Å². The minimum Gasteiger partial charge on any atom is -0.399 e. The molecule has 67 heavy (non-hydrogen) atoms. The standard InChI is InChI=1S/C46H74Cl2N10O7S2/c1-38(45-34-56(5)31-42(30-48)40(45)3)8-28-66-51-11-16-59-20-24-63-26-22-61-18-14-57(50)32-43(49)36-65-37-44-33-58(54-53-44)15-19-62-23-27-64-25-21-60-17-12-52-67-29-9-39(2)46-35-55(4)13-7-41(46)6-10-47/h6-10,28-30,32-33,45-46,51-52H,1-3,11-27,31,34-37,49-50H2,4-5H3/b10-6+,28-8+,29-9+,42-30+,43-32-. The first-order chi connectivity index (χ1) is 32.6. The lowest BCUT2D eigenvalue weighted by molar-refractivity contribution is 0.0132. The molecule has 17 nitrogen and oxygen atoms in total. The molecule has 0 bridgehead atoms. The van der Waals surface area contributed by atoms with E-state index < -0.39 is 0 Å². The van der Waals surface area contributed by atoms with Gasteiger partial charge in [-0.05, 0) is 58.9 Å². The number of likely N-dealkylation sites (N-methyl/N-ethyl adjacent to an activating group) is 2. The molecule has 6 N–H and O–H groups in total. The molecule has 0 aromatic carbocycles. The zero-order valence-corrected chi connectivity index (χ0v) is 42.5. The molecule has 0 spiro atoms. The normalized spacial score (nSPS) is 18.3. The number of ether oxygens (including phenoxy) is 7. The highest BCUT2D eigenvalue weighted by atomic mass is 35.5. The van der Waals surface area contributed by atoms with E-state index in [2.05, 4.69) is 69.5 Å². The Kier molecular flexibility index (Phi) is 32.4. The summed E-state index contributed by atoms with van der Waals surface area (Å²) >= 11 is 14.8.